The molecule has 0 aliphatic heterocycles. The molecule has 2 rings (SSSR count). The van der Waals surface area contributed by atoms with Crippen molar-refractivity contribution in [3.63, 3.8) is 0 Å². The van der Waals surface area contributed by atoms with Crippen molar-refractivity contribution in [1.82, 2.24) is 0 Å². The normalized spacial score (nSPS) is 11.4. The average molecular weight is 426 g/mol. The monoisotopic (exact) mass is 425 g/mol. The van der Waals surface area contributed by atoms with Crippen molar-refractivity contribution in [1.29, 1.82) is 0 Å². The minimum Gasteiger partial charge on any atom is -0.398 e. The molecular formula is C26H35NO2S. The summed E-state index contributed by atoms with van der Waals surface area (Å²) in [5.74, 6) is 0. The standard InChI is InChI=1S/C18H25N.C8H10O2S/c1-6-14(7-2)10-11-15-12-13(5)16(8-3)17(9-4)18(15)19;1-7-5-3-4-6-8(7)11(2,9)10/h6,8-9,12H,3-4,7,10-11,19H2,1-2,5H3;3-6H,1-2H3/b14-6+;. The van der Waals surface area contributed by atoms with Gasteiger partial charge in [-0.1, -0.05) is 68.1 Å². The smallest absolute Gasteiger partial charge is 0.175 e. The number of sulfone groups is 1. The maximum atomic E-state index is 11.1. The lowest BCUT2D eigenvalue weighted by atomic mass is 9.92. The van der Waals surface area contributed by atoms with Gasteiger partial charge in [0, 0.05) is 17.5 Å². The van der Waals surface area contributed by atoms with Crippen LogP contribution in [0.1, 0.15) is 54.5 Å². The zero-order valence-electron chi connectivity index (χ0n) is 19.0. The van der Waals surface area contributed by atoms with Crippen LogP contribution in [0.4, 0.5) is 5.69 Å². The Kier molecular flexibility index (Phi) is 9.80. The quantitative estimate of drug-likeness (QED) is 0.404. The number of benzene rings is 2. The summed E-state index contributed by atoms with van der Waals surface area (Å²) in [6.07, 6.45) is 10.3. The van der Waals surface area contributed by atoms with Crippen LogP contribution < -0.4 is 5.73 Å². The number of hydrogen-bond donors (Lipinski definition) is 1. The molecule has 4 heteroatoms. The first-order valence-electron chi connectivity index (χ1n) is 10.2. The maximum absolute atomic E-state index is 11.1. The third kappa shape index (κ3) is 6.74. The van der Waals surface area contributed by atoms with E-state index in [-0.39, 0.29) is 0 Å². The Bertz CT molecular complexity index is 1030. The molecule has 0 aromatic heterocycles. The number of rotatable bonds is 7. The van der Waals surface area contributed by atoms with E-state index in [1.807, 2.05) is 18.2 Å². The molecule has 0 fully saturated rings. The molecule has 0 saturated carbocycles. The number of anilines is 1. The largest absolute Gasteiger partial charge is 0.398 e. The Morgan fingerprint density at radius 1 is 1.07 bits per heavy atom. The molecule has 0 bridgehead atoms. The Hall–Kier alpha value is -2.59. The van der Waals surface area contributed by atoms with Gasteiger partial charge in [0.1, 0.15) is 0 Å². The van der Waals surface area contributed by atoms with Crippen LogP contribution in [-0.4, -0.2) is 14.7 Å². The summed E-state index contributed by atoms with van der Waals surface area (Å²) in [5, 5.41) is 0. The van der Waals surface area contributed by atoms with Crippen LogP contribution >= 0.6 is 0 Å². The third-order valence-corrected chi connectivity index (χ3v) is 6.48. The van der Waals surface area contributed by atoms with Gasteiger partial charge in [0.15, 0.2) is 9.84 Å². The number of allylic oxidation sites excluding steroid dienone is 2. The molecule has 0 amide bonds. The Balaban J connectivity index is 0.000000346. The van der Waals surface area contributed by atoms with Gasteiger partial charge in [-0.15, -0.1) is 0 Å². The van der Waals surface area contributed by atoms with Crippen molar-refractivity contribution in [2.24, 2.45) is 0 Å². The van der Waals surface area contributed by atoms with Crippen LogP contribution in [-0.2, 0) is 16.3 Å². The first-order valence-corrected chi connectivity index (χ1v) is 12.1. The summed E-state index contributed by atoms with van der Waals surface area (Å²) >= 11 is 0. The molecule has 0 atom stereocenters. The van der Waals surface area contributed by atoms with E-state index < -0.39 is 9.84 Å². The molecule has 2 N–H and O–H groups in total. The molecule has 0 aliphatic rings. The van der Waals surface area contributed by atoms with Gasteiger partial charge in [-0.05, 0) is 68.4 Å². The summed E-state index contributed by atoms with van der Waals surface area (Å²) in [7, 11) is -3.03. The topological polar surface area (TPSA) is 60.2 Å². The van der Waals surface area contributed by atoms with Crippen molar-refractivity contribution in [3.05, 3.63) is 83.0 Å². The summed E-state index contributed by atoms with van der Waals surface area (Å²) in [6, 6.07) is 9.14. The van der Waals surface area contributed by atoms with Crippen molar-refractivity contribution >= 4 is 27.7 Å². The van der Waals surface area contributed by atoms with Gasteiger partial charge >= 0.3 is 0 Å². The second kappa shape index (κ2) is 11.6. The van der Waals surface area contributed by atoms with Crippen LogP contribution in [0.5, 0.6) is 0 Å². The molecular weight excluding hydrogens is 390 g/mol. The molecule has 3 nitrogen and oxygen atoms in total. The summed E-state index contributed by atoms with van der Waals surface area (Å²) in [4.78, 5) is 0.417. The fourth-order valence-corrected chi connectivity index (χ4v) is 4.42. The number of aryl methyl sites for hydroxylation is 3. The molecule has 2 aromatic rings. The van der Waals surface area contributed by atoms with E-state index in [1.54, 1.807) is 25.1 Å². The van der Waals surface area contributed by atoms with E-state index >= 15 is 0 Å². The Morgan fingerprint density at radius 2 is 1.67 bits per heavy atom. The van der Waals surface area contributed by atoms with E-state index in [1.165, 1.54) is 23.0 Å². The summed E-state index contributed by atoms with van der Waals surface area (Å²) < 4.78 is 22.1. The molecule has 0 saturated heterocycles. The molecule has 0 aliphatic carbocycles. The Morgan fingerprint density at radius 3 is 2.10 bits per heavy atom. The zero-order valence-corrected chi connectivity index (χ0v) is 19.8. The fourth-order valence-electron chi connectivity index (χ4n) is 3.44. The highest BCUT2D eigenvalue weighted by atomic mass is 32.2. The lowest BCUT2D eigenvalue weighted by Gasteiger charge is -2.15. The molecule has 0 unspecified atom stereocenters. The van der Waals surface area contributed by atoms with Gasteiger partial charge in [0.25, 0.3) is 0 Å². The zero-order chi connectivity index (χ0) is 22.9. The number of nitrogen functional groups attached to an aromatic ring is 1. The number of nitrogens with two attached hydrogens (primary N) is 1. The molecule has 30 heavy (non-hydrogen) atoms. The minimum atomic E-state index is -3.03. The van der Waals surface area contributed by atoms with Gasteiger partial charge in [0.05, 0.1) is 4.90 Å². The minimum absolute atomic E-state index is 0.417. The summed E-state index contributed by atoms with van der Waals surface area (Å²) in [6.45, 7) is 15.9. The van der Waals surface area contributed by atoms with Crippen molar-refractivity contribution in [3.8, 4) is 0 Å². The summed E-state index contributed by atoms with van der Waals surface area (Å²) in [5.41, 5.74) is 13.9. The molecule has 0 radical (unpaired) electrons. The average Bonchev–Trinajstić information content (AvgIpc) is 2.70. The fraction of sp³-hybridized carbons (Fsp3) is 0.308. The first-order chi connectivity index (χ1) is 14.1. The van der Waals surface area contributed by atoms with E-state index in [2.05, 4.69) is 46.1 Å². The molecule has 0 spiro atoms. The van der Waals surface area contributed by atoms with E-state index in [0.29, 0.717) is 4.90 Å². The van der Waals surface area contributed by atoms with Crippen molar-refractivity contribution in [2.45, 2.75) is 51.9 Å². The highest BCUT2D eigenvalue weighted by molar-refractivity contribution is 7.90. The Labute approximate surface area is 182 Å². The second-order valence-electron chi connectivity index (χ2n) is 7.34. The van der Waals surface area contributed by atoms with Crippen LogP contribution in [0.25, 0.3) is 12.2 Å². The third-order valence-electron chi connectivity index (χ3n) is 5.22. The van der Waals surface area contributed by atoms with Gasteiger partial charge in [-0.2, -0.15) is 0 Å². The van der Waals surface area contributed by atoms with Gasteiger partial charge in [-0.3, -0.25) is 0 Å². The second-order valence-corrected chi connectivity index (χ2v) is 9.32. The van der Waals surface area contributed by atoms with Crippen LogP contribution in [0.15, 0.2) is 60.0 Å². The van der Waals surface area contributed by atoms with Crippen molar-refractivity contribution in [2.75, 3.05) is 12.0 Å². The molecule has 2 aromatic carbocycles. The predicted molar refractivity (Wildman–Crippen MR) is 132 cm³/mol. The van der Waals surface area contributed by atoms with E-state index in [0.717, 1.165) is 41.6 Å². The SMILES string of the molecule is C=Cc1c(C)cc(CC/C(=C/C)CC)c(N)c1C=C.Cc1ccccc1S(C)(=O)=O. The van der Waals surface area contributed by atoms with Crippen LogP contribution in [0.2, 0.25) is 0 Å². The van der Waals surface area contributed by atoms with E-state index in [4.69, 9.17) is 5.73 Å². The van der Waals surface area contributed by atoms with Gasteiger partial charge in [0.2, 0.25) is 0 Å². The van der Waals surface area contributed by atoms with Crippen LogP contribution in [0.3, 0.4) is 0 Å². The first kappa shape index (κ1) is 25.4. The maximum Gasteiger partial charge on any atom is 0.175 e. The predicted octanol–water partition coefficient (Wildman–Crippen LogP) is 6.55. The van der Waals surface area contributed by atoms with Crippen molar-refractivity contribution < 1.29 is 8.42 Å². The molecule has 0 heterocycles. The highest BCUT2D eigenvalue weighted by Gasteiger charge is 2.10. The van der Waals surface area contributed by atoms with Gasteiger partial charge in [-0.25, -0.2) is 8.42 Å². The van der Waals surface area contributed by atoms with Gasteiger partial charge < -0.3 is 5.73 Å². The van der Waals surface area contributed by atoms with E-state index in [9.17, 15) is 8.42 Å². The lowest BCUT2D eigenvalue weighted by Crippen LogP contribution is -2.02. The van der Waals surface area contributed by atoms with Crippen LogP contribution in [0, 0.1) is 13.8 Å². The highest BCUT2D eigenvalue weighted by Crippen LogP contribution is 2.29. The molecule has 162 valence electrons. The number of hydrogen-bond acceptors (Lipinski definition) is 3. The lowest BCUT2D eigenvalue weighted by molar-refractivity contribution is 0.601.